The topological polar surface area (TPSA) is 65.6 Å². The Labute approximate surface area is 160 Å². The Hall–Kier alpha value is -1.67. The molecule has 3 aliphatic rings. The minimum atomic E-state index is 0.256. The van der Waals surface area contributed by atoms with Crippen molar-refractivity contribution in [3.8, 4) is 0 Å². The summed E-state index contributed by atoms with van der Waals surface area (Å²) in [5, 5.41) is 6.98. The van der Waals surface area contributed by atoms with E-state index in [0.29, 0.717) is 11.1 Å². The quantitative estimate of drug-likeness (QED) is 0.758. The number of ether oxygens (including phenoxy) is 1. The summed E-state index contributed by atoms with van der Waals surface area (Å²) in [5.41, 5.74) is 0. The molecule has 1 aromatic rings. The van der Waals surface area contributed by atoms with Gasteiger partial charge in [0, 0.05) is 45.4 Å². The molecule has 0 unspecified atom stereocenters. The van der Waals surface area contributed by atoms with Crippen molar-refractivity contribution in [3.05, 3.63) is 6.07 Å². The summed E-state index contributed by atoms with van der Waals surface area (Å²) in [4.78, 5) is 14.1. The molecule has 0 radical (unpaired) electrons. The molecule has 4 heterocycles. The van der Waals surface area contributed by atoms with Crippen molar-refractivity contribution in [1.82, 2.24) is 15.3 Å². The fraction of sp³-hybridized carbons (Fsp3) is 0.722. The van der Waals surface area contributed by atoms with E-state index in [9.17, 15) is 0 Å². The number of rotatable bonds is 5. The largest absolute Gasteiger partial charge is 0.376 e. The Balaban J connectivity index is 1.45. The summed E-state index contributed by atoms with van der Waals surface area (Å²) in [6, 6.07) is 2.13. The van der Waals surface area contributed by atoms with Gasteiger partial charge in [-0.15, -0.1) is 0 Å². The first-order valence-corrected chi connectivity index (χ1v) is 10.2. The van der Waals surface area contributed by atoms with Crippen LogP contribution < -0.4 is 20.4 Å². The Morgan fingerprint density at radius 2 is 1.65 bits per heavy atom. The zero-order chi connectivity index (χ0) is 17.8. The van der Waals surface area contributed by atoms with Gasteiger partial charge >= 0.3 is 0 Å². The van der Waals surface area contributed by atoms with Gasteiger partial charge < -0.3 is 25.2 Å². The van der Waals surface area contributed by atoms with Crippen molar-refractivity contribution in [1.29, 1.82) is 0 Å². The lowest BCUT2D eigenvalue weighted by atomic mass is 10.2. The Morgan fingerprint density at radius 1 is 1.04 bits per heavy atom. The van der Waals surface area contributed by atoms with Gasteiger partial charge in [0.15, 0.2) is 5.11 Å². The number of hydrogen-bond acceptors (Lipinski definition) is 6. The van der Waals surface area contributed by atoms with E-state index in [1.54, 1.807) is 0 Å². The number of nitrogens with one attached hydrogen (secondary N) is 2. The van der Waals surface area contributed by atoms with Crippen LogP contribution >= 0.6 is 12.2 Å². The van der Waals surface area contributed by atoms with Gasteiger partial charge in [-0.2, -0.15) is 9.97 Å². The smallest absolute Gasteiger partial charge is 0.232 e. The lowest BCUT2D eigenvalue weighted by Gasteiger charge is -2.22. The SMILES string of the molecule is S=C(NC[C@H]1CCCO1)Nc1nc(N2CCCC2)cc(N2CCCC2)n1. The molecule has 0 saturated carbocycles. The minimum Gasteiger partial charge on any atom is -0.376 e. The van der Waals surface area contributed by atoms with Crippen molar-refractivity contribution in [2.45, 2.75) is 44.6 Å². The summed E-state index contributed by atoms with van der Waals surface area (Å²) in [7, 11) is 0. The molecule has 26 heavy (non-hydrogen) atoms. The number of thiocarbonyl (C=S) groups is 1. The molecule has 1 aromatic heterocycles. The number of anilines is 3. The maximum Gasteiger partial charge on any atom is 0.232 e. The van der Waals surface area contributed by atoms with Crippen LogP contribution in [0.4, 0.5) is 17.6 Å². The first-order valence-electron chi connectivity index (χ1n) is 9.83. The first kappa shape index (κ1) is 17.7. The third kappa shape index (κ3) is 4.35. The van der Waals surface area contributed by atoms with E-state index in [1.165, 1.54) is 25.7 Å². The van der Waals surface area contributed by atoms with E-state index in [4.69, 9.17) is 26.9 Å². The summed E-state index contributed by atoms with van der Waals surface area (Å²) >= 11 is 5.44. The van der Waals surface area contributed by atoms with Crippen LogP contribution in [0.2, 0.25) is 0 Å². The highest BCUT2D eigenvalue weighted by Gasteiger charge is 2.21. The van der Waals surface area contributed by atoms with Crippen molar-refractivity contribution in [2.75, 3.05) is 54.4 Å². The molecule has 7 nitrogen and oxygen atoms in total. The predicted molar refractivity (Wildman–Crippen MR) is 108 cm³/mol. The van der Waals surface area contributed by atoms with E-state index >= 15 is 0 Å². The second kappa shape index (κ2) is 8.35. The Bertz CT molecular complexity index is 590. The average Bonchev–Trinajstić information content (AvgIpc) is 3.43. The Morgan fingerprint density at radius 3 is 2.19 bits per heavy atom. The molecule has 4 rings (SSSR count). The second-order valence-corrected chi connectivity index (χ2v) is 7.67. The van der Waals surface area contributed by atoms with Gasteiger partial charge in [-0.1, -0.05) is 0 Å². The Kier molecular flexibility index (Phi) is 5.69. The maximum absolute atomic E-state index is 5.63. The van der Waals surface area contributed by atoms with Gasteiger partial charge in [0.25, 0.3) is 0 Å². The van der Waals surface area contributed by atoms with Gasteiger partial charge in [-0.25, -0.2) is 0 Å². The van der Waals surface area contributed by atoms with Gasteiger partial charge in [0.2, 0.25) is 5.95 Å². The highest BCUT2D eigenvalue weighted by atomic mass is 32.1. The molecule has 0 bridgehead atoms. The molecule has 0 aliphatic carbocycles. The number of aromatic nitrogens is 2. The third-order valence-corrected chi connectivity index (χ3v) is 5.55. The zero-order valence-corrected chi connectivity index (χ0v) is 16.1. The van der Waals surface area contributed by atoms with Crippen LogP contribution in [-0.4, -0.2) is 60.5 Å². The van der Waals surface area contributed by atoms with E-state index in [2.05, 4.69) is 26.5 Å². The van der Waals surface area contributed by atoms with Gasteiger partial charge in [-0.3, -0.25) is 0 Å². The molecule has 142 valence electrons. The fourth-order valence-corrected chi connectivity index (χ4v) is 4.03. The van der Waals surface area contributed by atoms with Crippen molar-refractivity contribution in [3.63, 3.8) is 0 Å². The molecule has 3 aliphatic heterocycles. The maximum atomic E-state index is 5.63. The van der Waals surface area contributed by atoms with Crippen LogP contribution in [0.1, 0.15) is 38.5 Å². The van der Waals surface area contributed by atoms with Crippen molar-refractivity contribution >= 4 is 34.9 Å². The number of hydrogen-bond donors (Lipinski definition) is 2. The second-order valence-electron chi connectivity index (χ2n) is 7.27. The average molecular weight is 377 g/mol. The van der Waals surface area contributed by atoms with Crippen molar-refractivity contribution in [2.24, 2.45) is 0 Å². The van der Waals surface area contributed by atoms with Crippen LogP contribution in [0.15, 0.2) is 6.07 Å². The lowest BCUT2D eigenvalue weighted by molar-refractivity contribution is 0.114. The highest BCUT2D eigenvalue weighted by Crippen LogP contribution is 2.26. The molecule has 3 saturated heterocycles. The molecular formula is C18H28N6OS. The molecule has 3 fully saturated rings. The van der Waals surface area contributed by atoms with Crippen molar-refractivity contribution < 1.29 is 4.74 Å². The van der Waals surface area contributed by atoms with Gasteiger partial charge in [0.05, 0.1) is 6.10 Å². The standard InChI is InChI=1S/C18H28N6OS/c26-18(19-13-14-6-5-11-25-14)22-17-20-15(23-7-1-2-8-23)12-16(21-17)24-9-3-4-10-24/h12,14H,1-11,13H2,(H2,19,20,21,22,26)/t14-/m1/s1. The molecule has 8 heteroatoms. The van der Waals surface area contributed by atoms with Gasteiger partial charge in [-0.05, 0) is 50.7 Å². The van der Waals surface area contributed by atoms with Crippen LogP contribution in [0.5, 0.6) is 0 Å². The minimum absolute atomic E-state index is 0.256. The van der Waals surface area contributed by atoms with Crippen LogP contribution in [0, 0.1) is 0 Å². The van der Waals surface area contributed by atoms with Crippen LogP contribution in [-0.2, 0) is 4.74 Å². The molecule has 0 spiro atoms. The monoisotopic (exact) mass is 376 g/mol. The third-order valence-electron chi connectivity index (χ3n) is 5.30. The van der Waals surface area contributed by atoms with E-state index in [0.717, 1.165) is 63.8 Å². The van der Waals surface area contributed by atoms with Gasteiger partial charge in [0.1, 0.15) is 11.6 Å². The lowest BCUT2D eigenvalue weighted by Crippen LogP contribution is -2.35. The summed E-state index contributed by atoms with van der Waals surface area (Å²) < 4.78 is 5.63. The summed E-state index contributed by atoms with van der Waals surface area (Å²) in [5.74, 6) is 2.59. The van der Waals surface area contributed by atoms with Crippen LogP contribution in [0.25, 0.3) is 0 Å². The van der Waals surface area contributed by atoms with E-state index in [-0.39, 0.29) is 6.10 Å². The first-order chi connectivity index (χ1) is 12.8. The van der Waals surface area contributed by atoms with E-state index in [1.807, 2.05) is 0 Å². The molecule has 0 amide bonds. The van der Waals surface area contributed by atoms with E-state index < -0.39 is 0 Å². The number of nitrogens with zero attached hydrogens (tertiary/aromatic N) is 4. The highest BCUT2D eigenvalue weighted by molar-refractivity contribution is 7.80. The summed E-state index contributed by atoms with van der Waals surface area (Å²) in [6.45, 7) is 5.85. The normalized spacial score (nSPS) is 22.8. The molecule has 0 aromatic carbocycles. The molecule has 1 atom stereocenters. The summed E-state index contributed by atoms with van der Waals surface area (Å²) in [6.07, 6.45) is 7.40. The molecular weight excluding hydrogens is 348 g/mol. The fourth-order valence-electron chi connectivity index (χ4n) is 3.85. The zero-order valence-electron chi connectivity index (χ0n) is 15.2. The predicted octanol–water partition coefficient (Wildman–Crippen LogP) is 2.14. The molecule has 2 N–H and O–H groups in total. The van der Waals surface area contributed by atoms with Crippen LogP contribution in [0.3, 0.4) is 0 Å².